The maximum Gasteiger partial charge on any atom is 0.158 e. The molecular formula is C13H17N5. The molecule has 3 heterocycles. The standard InChI is InChI=1S/C13H17N5/c1-9-7-11(13-15-5-6-18(13)2)17-12(16-9)10-3-4-14-8-10/h5-7,10,14H,3-4,8H2,1-2H3/t10-/m0/s1. The Kier molecular flexibility index (Phi) is 2.83. The zero-order valence-corrected chi connectivity index (χ0v) is 10.7. The summed E-state index contributed by atoms with van der Waals surface area (Å²) in [7, 11) is 1.98. The van der Waals surface area contributed by atoms with E-state index in [1.165, 1.54) is 0 Å². The van der Waals surface area contributed by atoms with Crippen LogP contribution in [-0.4, -0.2) is 32.6 Å². The predicted molar refractivity (Wildman–Crippen MR) is 69.2 cm³/mol. The normalized spacial score (nSPS) is 19.3. The molecule has 5 nitrogen and oxygen atoms in total. The molecule has 0 aliphatic carbocycles. The van der Waals surface area contributed by atoms with E-state index in [-0.39, 0.29) is 0 Å². The number of aromatic nitrogens is 4. The number of nitrogens with one attached hydrogen (secondary N) is 1. The molecule has 2 aromatic rings. The van der Waals surface area contributed by atoms with Crippen molar-refractivity contribution in [2.45, 2.75) is 19.3 Å². The van der Waals surface area contributed by atoms with Gasteiger partial charge in [0.05, 0.1) is 0 Å². The Morgan fingerprint density at radius 1 is 1.39 bits per heavy atom. The molecule has 0 amide bonds. The number of aryl methyl sites for hydroxylation is 2. The largest absolute Gasteiger partial charge is 0.333 e. The molecule has 1 saturated heterocycles. The summed E-state index contributed by atoms with van der Waals surface area (Å²) in [6, 6.07) is 1.99. The van der Waals surface area contributed by atoms with Gasteiger partial charge < -0.3 is 9.88 Å². The first kappa shape index (κ1) is 11.3. The van der Waals surface area contributed by atoms with Gasteiger partial charge in [0.25, 0.3) is 0 Å². The van der Waals surface area contributed by atoms with E-state index in [9.17, 15) is 0 Å². The first-order valence-corrected chi connectivity index (χ1v) is 6.28. The molecule has 0 bridgehead atoms. The third kappa shape index (κ3) is 2.01. The van der Waals surface area contributed by atoms with Crippen LogP contribution >= 0.6 is 0 Å². The first-order valence-electron chi connectivity index (χ1n) is 6.28. The minimum atomic E-state index is 0.434. The second-order valence-electron chi connectivity index (χ2n) is 4.80. The van der Waals surface area contributed by atoms with E-state index in [0.29, 0.717) is 5.92 Å². The quantitative estimate of drug-likeness (QED) is 0.863. The summed E-state index contributed by atoms with van der Waals surface area (Å²) in [6.45, 7) is 4.04. The molecule has 94 valence electrons. The molecule has 0 spiro atoms. The molecule has 5 heteroatoms. The second-order valence-corrected chi connectivity index (χ2v) is 4.80. The molecule has 1 fully saturated rings. The summed E-state index contributed by atoms with van der Waals surface area (Å²) in [6.07, 6.45) is 4.84. The lowest BCUT2D eigenvalue weighted by atomic mass is 10.1. The van der Waals surface area contributed by atoms with Gasteiger partial charge in [-0.3, -0.25) is 0 Å². The summed E-state index contributed by atoms with van der Waals surface area (Å²) in [5.74, 6) is 2.27. The van der Waals surface area contributed by atoms with Crippen molar-refractivity contribution < 1.29 is 0 Å². The van der Waals surface area contributed by atoms with Gasteiger partial charge in [-0.15, -0.1) is 0 Å². The fraction of sp³-hybridized carbons (Fsp3) is 0.462. The number of nitrogens with zero attached hydrogens (tertiary/aromatic N) is 4. The van der Waals surface area contributed by atoms with Crippen molar-refractivity contribution in [2.24, 2.45) is 7.05 Å². The maximum atomic E-state index is 4.68. The van der Waals surface area contributed by atoms with Gasteiger partial charge in [-0.1, -0.05) is 0 Å². The summed E-state index contributed by atoms with van der Waals surface area (Å²) in [4.78, 5) is 13.6. The zero-order valence-electron chi connectivity index (χ0n) is 10.7. The number of hydrogen-bond donors (Lipinski definition) is 1. The van der Waals surface area contributed by atoms with E-state index in [2.05, 4.69) is 20.3 Å². The molecule has 0 unspecified atom stereocenters. The molecule has 2 aromatic heterocycles. The summed E-state index contributed by atoms with van der Waals surface area (Å²) >= 11 is 0. The summed E-state index contributed by atoms with van der Waals surface area (Å²) in [5.41, 5.74) is 1.92. The monoisotopic (exact) mass is 243 g/mol. The van der Waals surface area contributed by atoms with Crippen LogP contribution in [-0.2, 0) is 7.05 Å². The summed E-state index contributed by atoms with van der Waals surface area (Å²) in [5, 5.41) is 3.36. The lowest BCUT2D eigenvalue weighted by Crippen LogP contribution is -2.11. The molecule has 1 aliphatic heterocycles. The Hall–Kier alpha value is -1.75. The van der Waals surface area contributed by atoms with E-state index >= 15 is 0 Å². The van der Waals surface area contributed by atoms with Crippen molar-refractivity contribution in [3.05, 3.63) is 30.0 Å². The van der Waals surface area contributed by atoms with Crippen LogP contribution in [0.4, 0.5) is 0 Å². The Morgan fingerprint density at radius 3 is 2.94 bits per heavy atom. The minimum absolute atomic E-state index is 0.434. The molecule has 1 N–H and O–H groups in total. The van der Waals surface area contributed by atoms with E-state index in [4.69, 9.17) is 0 Å². The Morgan fingerprint density at radius 2 is 2.28 bits per heavy atom. The van der Waals surface area contributed by atoms with Crippen molar-refractivity contribution in [3.63, 3.8) is 0 Å². The van der Waals surface area contributed by atoms with Crippen LogP contribution in [0.3, 0.4) is 0 Å². The molecule has 0 aromatic carbocycles. The average molecular weight is 243 g/mol. The Balaban J connectivity index is 2.03. The highest BCUT2D eigenvalue weighted by Crippen LogP contribution is 2.22. The van der Waals surface area contributed by atoms with Crippen molar-refractivity contribution in [1.82, 2.24) is 24.8 Å². The van der Waals surface area contributed by atoms with E-state index in [0.717, 1.165) is 42.5 Å². The maximum absolute atomic E-state index is 4.68. The van der Waals surface area contributed by atoms with Crippen LogP contribution in [0.1, 0.15) is 23.9 Å². The van der Waals surface area contributed by atoms with Gasteiger partial charge in [-0.2, -0.15) is 0 Å². The molecule has 0 radical (unpaired) electrons. The topological polar surface area (TPSA) is 55.6 Å². The highest BCUT2D eigenvalue weighted by atomic mass is 15.1. The van der Waals surface area contributed by atoms with Crippen LogP contribution in [0.15, 0.2) is 18.5 Å². The van der Waals surface area contributed by atoms with Crippen molar-refractivity contribution in [2.75, 3.05) is 13.1 Å². The first-order chi connectivity index (χ1) is 8.74. The number of hydrogen-bond acceptors (Lipinski definition) is 4. The molecule has 0 saturated carbocycles. The van der Waals surface area contributed by atoms with E-state index in [1.807, 2.05) is 30.8 Å². The number of rotatable bonds is 2. The Bertz CT molecular complexity index is 554. The van der Waals surface area contributed by atoms with Gasteiger partial charge in [-0.05, 0) is 26.0 Å². The molecule has 1 aliphatic rings. The van der Waals surface area contributed by atoms with Crippen molar-refractivity contribution >= 4 is 0 Å². The van der Waals surface area contributed by atoms with Gasteiger partial charge in [0, 0.05) is 37.6 Å². The third-order valence-electron chi connectivity index (χ3n) is 3.35. The van der Waals surface area contributed by atoms with Gasteiger partial charge >= 0.3 is 0 Å². The lowest BCUT2D eigenvalue weighted by Gasteiger charge is -2.10. The predicted octanol–water partition coefficient (Wildman–Crippen LogP) is 1.26. The van der Waals surface area contributed by atoms with Crippen molar-refractivity contribution in [1.29, 1.82) is 0 Å². The van der Waals surface area contributed by atoms with Crippen LogP contribution in [0.5, 0.6) is 0 Å². The van der Waals surface area contributed by atoms with Gasteiger partial charge in [0.1, 0.15) is 11.5 Å². The van der Waals surface area contributed by atoms with Crippen LogP contribution in [0, 0.1) is 6.92 Å². The van der Waals surface area contributed by atoms with Crippen LogP contribution in [0.25, 0.3) is 11.5 Å². The van der Waals surface area contributed by atoms with Gasteiger partial charge in [0.2, 0.25) is 0 Å². The molecule has 18 heavy (non-hydrogen) atoms. The van der Waals surface area contributed by atoms with Crippen LogP contribution < -0.4 is 5.32 Å². The third-order valence-corrected chi connectivity index (χ3v) is 3.35. The zero-order chi connectivity index (χ0) is 12.5. The SMILES string of the molecule is Cc1cc(-c2nccn2C)nc([C@H]2CCNC2)n1. The van der Waals surface area contributed by atoms with Gasteiger partial charge in [-0.25, -0.2) is 15.0 Å². The highest BCUT2D eigenvalue weighted by molar-refractivity contribution is 5.50. The van der Waals surface area contributed by atoms with Gasteiger partial charge in [0.15, 0.2) is 5.82 Å². The number of imidazole rings is 1. The summed E-state index contributed by atoms with van der Waals surface area (Å²) < 4.78 is 1.98. The fourth-order valence-electron chi connectivity index (χ4n) is 2.38. The smallest absolute Gasteiger partial charge is 0.158 e. The van der Waals surface area contributed by atoms with E-state index in [1.54, 1.807) is 6.20 Å². The Labute approximate surface area is 106 Å². The average Bonchev–Trinajstić information content (AvgIpc) is 2.98. The molecule has 3 rings (SSSR count). The van der Waals surface area contributed by atoms with E-state index < -0.39 is 0 Å². The van der Waals surface area contributed by atoms with Crippen molar-refractivity contribution in [3.8, 4) is 11.5 Å². The second kappa shape index (κ2) is 4.49. The minimum Gasteiger partial charge on any atom is -0.333 e. The van der Waals surface area contributed by atoms with Crippen LogP contribution in [0.2, 0.25) is 0 Å². The molecular weight excluding hydrogens is 226 g/mol. The fourth-order valence-corrected chi connectivity index (χ4v) is 2.38. The molecule has 1 atom stereocenters. The highest BCUT2D eigenvalue weighted by Gasteiger charge is 2.20. The lowest BCUT2D eigenvalue weighted by molar-refractivity contribution is 0.697.